The fourth-order valence-corrected chi connectivity index (χ4v) is 5.13. The Hall–Kier alpha value is -0.370. The largest absolute Gasteiger partial charge is 0.299 e. The Morgan fingerprint density at radius 1 is 1.00 bits per heavy atom. The summed E-state index contributed by atoms with van der Waals surface area (Å²) in [6, 6.07) is 1.36. The van der Waals surface area contributed by atoms with Gasteiger partial charge in [-0.15, -0.1) is 0 Å². The average molecular weight is 263 g/mol. The summed E-state index contributed by atoms with van der Waals surface area (Å²) < 4.78 is 0. The molecular weight excluding hydrogens is 234 g/mol. The van der Waals surface area contributed by atoms with E-state index in [4.69, 9.17) is 0 Å². The minimum Gasteiger partial charge on any atom is -0.299 e. The van der Waals surface area contributed by atoms with E-state index in [0.29, 0.717) is 17.7 Å². The number of rotatable bonds is 2. The van der Waals surface area contributed by atoms with E-state index in [1.165, 1.54) is 38.6 Å². The SMILES string of the molecule is CC1CC(C)CC(N2CCCC2C2CCCC2=O)C1. The normalized spacial score (nSPS) is 44.9. The van der Waals surface area contributed by atoms with Gasteiger partial charge in [0.1, 0.15) is 5.78 Å². The van der Waals surface area contributed by atoms with E-state index < -0.39 is 0 Å². The Labute approximate surface area is 117 Å². The maximum atomic E-state index is 12.1. The summed E-state index contributed by atoms with van der Waals surface area (Å²) in [6.45, 7) is 6.07. The van der Waals surface area contributed by atoms with Gasteiger partial charge >= 0.3 is 0 Å². The highest BCUT2D eigenvalue weighted by molar-refractivity contribution is 5.83. The van der Waals surface area contributed by atoms with Crippen molar-refractivity contribution in [1.82, 2.24) is 4.90 Å². The second-order valence-electron chi connectivity index (χ2n) is 7.48. The van der Waals surface area contributed by atoms with Crippen molar-refractivity contribution < 1.29 is 4.79 Å². The van der Waals surface area contributed by atoms with Crippen LogP contribution in [0.5, 0.6) is 0 Å². The number of ketones is 1. The van der Waals surface area contributed by atoms with E-state index in [9.17, 15) is 4.79 Å². The Bertz CT molecular complexity index is 330. The van der Waals surface area contributed by atoms with Crippen molar-refractivity contribution in [1.29, 1.82) is 0 Å². The van der Waals surface area contributed by atoms with Crippen LogP contribution in [0.15, 0.2) is 0 Å². The monoisotopic (exact) mass is 263 g/mol. The van der Waals surface area contributed by atoms with Crippen LogP contribution in [0, 0.1) is 17.8 Å². The Kier molecular flexibility index (Phi) is 3.98. The molecule has 0 aromatic rings. The van der Waals surface area contributed by atoms with Crippen LogP contribution in [0.4, 0.5) is 0 Å². The minimum atomic E-state index is 0.384. The van der Waals surface area contributed by atoms with Crippen molar-refractivity contribution >= 4 is 5.78 Å². The highest BCUT2D eigenvalue weighted by Gasteiger charge is 2.41. The second-order valence-corrected chi connectivity index (χ2v) is 7.48. The first-order chi connectivity index (χ1) is 9.15. The van der Waals surface area contributed by atoms with Crippen LogP contribution < -0.4 is 0 Å². The van der Waals surface area contributed by atoms with Gasteiger partial charge in [0.2, 0.25) is 0 Å². The second kappa shape index (κ2) is 5.55. The Morgan fingerprint density at radius 3 is 2.37 bits per heavy atom. The summed E-state index contributed by atoms with van der Waals surface area (Å²) in [5.74, 6) is 2.69. The Morgan fingerprint density at radius 2 is 1.74 bits per heavy atom. The van der Waals surface area contributed by atoms with Crippen LogP contribution in [-0.4, -0.2) is 29.3 Å². The molecule has 0 aromatic heterocycles. The molecule has 0 amide bonds. The summed E-state index contributed by atoms with van der Waals surface area (Å²) in [5, 5.41) is 0. The highest BCUT2D eigenvalue weighted by atomic mass is 16.1. The third kappa shape index (κ3) is 2.74. The maximum absolute atomic E-state index is 12.1. The number of hydrogen-bond donors (Lipinski definition) is 0. The molecule has 2 saturated carbocycles. The smallest absolute Gasteiger partial charge is 0.137 e. The van der Waals surface area contributed by atoms with Crippen molar-refractivity contribution in [2.45, 2.75) is 77.3 Å². The predicted octanol–water partition coefficient (Wildman–Crippen LogP) is 3.64. The van der Waals surface area contributed by atoms with Crippen molar-refractivity contribution in [3.05, 3.63) is 0 Å². The third-order valence-electron chi connectivity index (χ3n) is 5.78. The van der Waals surface area contributed by atoms with E-state index >= 15 is 0 Å². The summed E-state index contributed by atoms with van der Waals surface area (Å²) in [7, 11) is 0. The molecule has 0 aromatic carbocycles. The average Bonchev–Trinajstić information content (AvgIpc) is 2.95. The first-order valence-corrected chi connectivity index (χ1v) is 8.43. The van der Waals surface area contributed by atoms with Gasteiger partial charge in [0, 0.05) is 24.4 Å². The summed E-state index contributed by atoms with van der Waals surface area (Å²) in [4.78, 5) is 14.8. The number of likely N-dealkylation sites (tertiary alicyclic amines) is 1. The highest BCUT2D eigenvalue weighted by Crippen LogP contribution is 2.39. The molecule has 0 radical (unpaired) electrons. The van der Waals surface area contributed by atoms with Crippen molar-refractivity contribution in [3.63, 3.8) is 0 Å². The fraction of sp³-hybridized carbons (Fsp3) is 0.941. The summed E-state index contributed by atoms with van der Waals surface area (Å²) >= 11 is 0. The van der Waals surface area contributed by atoms with Crippen LogP contribution >= 0.6 is 0 Å². The number of hydrogen-bond acceptors (Lipinski definition) is 2. The quantitative estimate of drug-likeness (QED) is 0.758. The molecule has 4 unspecified atom stereocenters. The minimum absolute atomic E-state index is 0.384. The molecule has 0 N–H and O–H groups in total. The molecule has 3 rings (SSSR count). The number of carbonyl (C=O) groups excluding carboxylic acids is 1. The lowest BCUT2D eigenvalue weighted by Gasteiger charge is -2.41. The molecule has 0 spiro atoms. The van der Waals surface area contributed by atoms with Crippen LogP contribution in [0.1, 0.15) is 65.2 Å². The van der Waals surface area contributed by atoms with Crippen LogP contribution in [0.25, 0.3) is 0 Å². The molecule has 19 heavy (non-hydrogen) atoms. The van der Waals surface area contributed by atoms with Gasteiger partial charge in [0.15, 0.2) is 0 Å². The molecule has 2 nitrogen and oxygen atoms in total. The Balaban J connectivity index is 1.70. The van der Waals surface area contributed by atoms with E-state index in [2.05, 4.69) is 18.7 Å². The lowest BCUT2D eigenvalue weighted by atomic mass is 9.79. The zero-order valence-electron chi connectivity index (χ0n) is 12.6. The van der Waals surface area contributed by atoms with Gasteiger partial charge < -0.3 is 0 Å². The standard InChI is InChI=1S/C17H29NO/c1-12-9-13(2)11-14(10-12)18-8-4-6-16(18)15-5-3-7-17(15)19/h12-16H,3-11H2,1-2H3. The van der Waals surface area contributed by atoms with Crippen molar-refractivity contribution in [2.75, 3.05) is 6.54 Å². The van der Waals surface area contributed by atoms with Gasteiger partial charge in [-0.3, -0.25) is 9.69 Å². The molecule has 3 fully saturated rings. The first-order valence-electron chi connectivity index (χ1n) is 8.43. The maximum Gasteiger partial charge on any atom is 0.137 e. The van der Waals surface area contributed by atoms with Crippen LogP contribution in [-0.2, 0) is 4.79 Å². The fourth-order valence-electron chi connectivity index (χ4n) is 5.13. The molecule has 2 aliphatic carbocycles. The van der Waals surface area contributed by atoms with E-state index in [-0.39, 0.29) is 0 Å². The van der Waals surface area contributed by atoms with E-state index in [1.807, 2.05) is 0 Å². The van der Waals surface area contributed by atoms with Crippen molar-refractivity contribution in [3.8, 4) is 0 Å². The summed E-state index contributed by atoms with van der Waals surface area (Å²) in [5.41, 5.74) is 0. The zero-order chi connectivity index (χ0) is 13.4. The number of nitrogens with zero attached hydrogens (tertiary/aromatic N) is 1. The first kappa shape index (κ1) is 13.6. The van der Waals surface area contributed by atoms with Crippen LogP contribution in [0.2, 0.25) is 0 Å². The molecule has 1 aliphatic heterocycles. The molecule has 1 heterocycles. The van der Waals surface area contributed by atoms with Gasteiger partial charge in [-0.2, -0.15) is 0 Å². The van der Waals surface area contributed by atoms with Crippen molar-refractivity contribution in [2.24, 2.45) is 17.8 Å². The van der Waals surface area contributed by atoms with Gasteiger partial charge in [-0.1, -0.05) is 13.8 Å². The van der Waals surface area contributed by atoms with Gasteiger partial charge in [-0.05, 0) is 63.3 Å². The lowest BCUT2D eigenvalue weighted by molar-refractivity contribution is -0.122. The molecule has 0 bridgehead atoms. The molecular formula is C17H29NO. The molecule has 3 aliphatic rings. The molecule has 1 saturated heterocycles. The van der Waals surface area contributed by atoms with E-state index in [0.717, 1.165) is 37.1 Å². The third-order valence-corrected chi connectivity index (χ3v) is 5.78. The predicted molar refractivity (Wildman–Crippen MR) is 78.0 cm³/mol. The molecule has 108 valence electrons. The molecule has 4 atom stereocenters. The van der Waals surface area contributed by atoms with Gasteiger partial charge in [-0.25, -0.2) is 0 Å². The van der Waals surface area contributed by atoms with Gasteiger partial charge in [0.05, 0.1) is 0 Å². The summed E-state index contributed by atoms with van der Waals surface area (Å²) in [6.07, 6.45) is 9.87. The topological polar surface area (TPSA) is 20.3 Å². The number of Topliss-reactive ketones (excluding diaryl/α,β-unsaturated/α-hetero) is 1. The zero-order valence-corrected chi connectivity index (χ0v) is 12.6. The lowest BCUT2D eigenvalue weighted by Crippen LogP contribution is -2.46. The van der Waals surface area contributed by atoms with E-state index in [1.54, 1.807) is 0 Å². The number of carbonyl (C=O) groups is 1. The van der Waals surface area contributed by atoms with Gasteiger partial charge in [0.25, 0.3) is 0 Å². The van der Waals surface area contributed by atoms with Crippen LogP contribution in [0.3, 0.4) is 0 Å². The molecule has 2 heteroatoms.